The van der Waals surface area contributed by atoms with E-state index in [1.807, 2.05) is 4.90 Å². The lowest BCUT2D eigenvalue weighted by atomic mass is 9.98. The zero-order chi connectivity index (χ0) is 10.0. The smallest absolute Gasteiger partial charge is 0.223 e. The molecule has 2 atom stereocenters. The summed E-state index contributed by atoms with van der Waals surface area (Å²) < 4.78 is 0. The van der Waals surface area contributed by atoms with Crippen molar-refractivity contribution in [2.24, 2.45) is 11.7 Å². The number of likely N-dealkylation sites (tertiary alicyclic amines) is 1. The molecule has 0 aliphatic carbocycles. The van der Waals surface area contributed by atoms with Crippen LogP contribution in [0.5, 0.6) is 0 Å². The fourth-order valence-electron chi connectivity index (χ4n) is 1.88. The number of nitrogens with zero attached hydrogens (tertiary/aromatic N) is 1. The number of nitrogens with two attached hydrogens (primary N) is 1. The average Bonchev–Trinajstić information content (AvgIpc) is 2.46. The summed E-state index contributed by atoms with van der Waals surface area (Å²) in [4.78, 5) is 13.4. The Labute approximate surface area is 80.3 Å². The highest BCUT2D eigenvalue weighted by molar-refractivity contribution is 5.79. The third-order valence-electron chi connectivity index (χ3n) is 2.89. The fraction of sp³-hybridized carbons (Fsp3) is 0.900. The van der Waals surface area contributed by atoms with Crippen LogP contribution >= 0.6 is 0 Å². The van der Waals surface area contributed by atoms with Crippen LogP contribution in [0, 0.1) is 5.92 Å². The molecule has 0 aromatic rings. The van der Waals surface area contributed by atoms with E-state index < -0.39 is 0 Å². The summed E-state index contributed by atoms with van der Waals surface area (Å²) in [5, 5.41) is 0. The molecule has 2 unspecified atom stereocenters. The van der Waals surface area contributed by atoms with Gasteiger partial charge in [-0.05, 0) is 20.3 Å². The van der Waals surface area contributed by atoms with Gasteiger partial charge in [0.2, 0.25) is 5.91 Å². The van der Waals surface area contributed by atoms with E-state index in [-0.39, 0.29) is 11.9 Å². The van der Waals surface area contributed by atoms with Gasteiger partial charge in [0.25, 0.3) is 0 Å². The Morgan fingerprint density at radius 1 is 1.62 bits per heavy atom. The molecule has 1 amide bonds. The second-order valence-corrected chi connectivity index (χ2v) is 4.18. The molecule has 1 fully saturated rings. The highest BCUT2D eigenvalue weighted by Gasteiger charge is 2.33. The van der Waals surface area contributed by atoms with Crippen LogP contribution in [0.1, 0.15) is 33.6 Å². The van der Waals surface area contributed by atoms with Crippen LogP contribution in [-0.2, 0) is 4.79 Å². The maximum atomic E-state index is 11.5. The standard InChI is InChI=1S/C10H20N2O/c1-4-9(11)8-5-10(13)12(6-8)7(2)3/h7-9H,4-6,11H2,1-3H3. The summed E-state index contributed by atoms with van der Waals surface area (Å²) in [6.07, 6.45) is 1.61. The Bertz CT molecular complexity index is 191. The van der Waals surface area contributed by atoms with E-state index in [4.69, 9.17) is 5.73 Å². The molecule has 0 spiro atoms. The van der Waals surface area contributed by atoms with E-state index in [1.54, 1.807) is 0 Å². The van der Waals surface area contributed by atoms with Gasteiger partial charge in [0.1, 0.15) is 0 Å². The van der Waals surface area contributed by atoms with E-state index in [2.05, 4.69) is 20.8 Å². The van der Waals surface area contributed by atoms with E-state index in [1.165, 1.54) is 0 Å². The summed E-state index contributed by atoms with van der Waals surface area (Å²) in [6, 6.07) is 0.509. The van der Waals surface area contributed by atoms with Gasteiger partial charge in [-0.3, -0.25) is 4.79 Å². The summed E-state index contributed by atoms with van der Waals surface area (Å²) in [5.41, 5.74) is 5.92. The molecule has 13 heavy (non-hydrogen) atoms. The number of carbonyl (C=O) groups excluding carboxylic acids is 1. The molecule has 1 heterocycles. The minimum Gasteiger partial charge on any atom is -0.340 e. The lowest BCUT2D eigenvalue weighted by Gasteiger charge is -2.22. The highest BCUT2D eigenvalue weighted by Crippen LogP contribution is 2.23. The largest absolute Gasteiger partial charge is 0.340 e. The second kappa shape index (κ2) is 4.09. The molecular formula is C10H20N2O. The first kappa shape index (κ1) is 10.5. The van der Waals surface area contributed by atoms with Crippen LogP contribution in [0.3, 0.4) is 0 Å². The van der Waals surface area contributed by atoms with Crippen molar-refractivity contribution in [3.8, 4) is 0 Å². The summed E-state index contributed by atoms with van der Waals surface area (Å²) in [6.45, 7) is 7.04. The van der Waals surface area contributed by atoms with Crippen LogP contribution in [0.2, 0.25) is 0 Å². The maximum Gasteiger partial charge on any atom is 0.223 e. The van der Waals surface area contributed by atoms with Gasteiger partial charge in [0.15, 0.2) is 0 Å². The van der Waals surface area contributed by atoms with Crippen molar-refractivity contribution in [3.63, 3.8) is 0 Å². The van der Waals surface area contributed by atoms with Gasteiger partial charge in [-0.1, -0.05) is 6.92 Å². The Morgan fingerprint density at radius 2 is 2.23 bits per heavy atom. The number of hydrogen-bond donors (Lipinski definition) is 1. The van der Waals surface area contributed by atoms with Crippen LogP contribution in [-0.4, -0.2) is 29.4 Å². The average molecular weight is 184 g/mol. The molecular weight excluding hydrogens is 164 g/mol. The van der Waals surface area contributed by atoms with Crippen molar-refractivity contribution in [3.05, 3.63) is 0 Å². The lowest BCUT2D eigenvalue weighted by molar-refractivity contribution is -0.129. The predicted octanol–water partition coefficient (Wildman–Crippen LogP) is 0.981. The Morgan fingerprint density at radius 3 is 2.62 bits per heavy atom. The van der Waals surface area contributed by atoms with Crippen molar-refractivity contribution >= 4 is 5.91 Å². The van der Waals surface area contributed by atoms with Crippen LogP contribution < -0.4 is 5.73 Å². The molecule has 1 aliphatic heterocycles. The van der Waals surface area contributed by atoms with E-state index in [0.717, 1.165) is 13.0 Å². The highest BCUT2D eigenvalue weighted by atomic mass is 16.2. The van der Waals surface area contributed by atoms with Crippen molar-refractivity contribution < 1.29 is 4.79 Å². The van der Waals surface area contributed by atoms with Crippen LogP contribution in [0.15, 0.2) is 0 Å². The minimum absolute atomic E-state index is 0.188. The molecule has 0 bridgehead atoms. The molecule has 1 saturated heterocycles. The van der Waals surface area contributed by atoms with Crippen molar-refractivity contribution in [1.82, 2.24) is 4.90 Å². The molecule has 2 N–H and O–H groups in total. The predicted molar refractivity (Wildman–Crippen MR) is 53.2 cm³/mol. The van der Waals surface area contributed by atoms with Crippen molar-refractivity contribution in [2.75, 3.05) is 6.54 Å². The summed E-state index contributed by atoms with van der Waals surface area (Å²) >= 11 is 0. The van der Waals surface area contributed by atoms with E-state index in [9.17, 15) is 4.79 Å². The van der Waals surface area contributed by atoms with Crippen molar-refractivity contribution in [1.29, 1.82) is 0 Å². The fourth-order valence-corrected chi connectivity index (χ4v) is 1.88. The molecule has 76 valence electrons. The van der Waals surface area contributed by atoms with Gasteiger partial charge in [-0.15, -0.1) is 0 Å². The number of carbonyl (C=O) groups is 1. The van der Waals surface area contributed by atoms with Gasteiger partial charge in [0.05, 0.1) is 0 Å². The van der Waals surface area contributed by atoms with E-state index in [0.29, 0.717) is 18.4 Å². The van der Waals surface area contributed by atoms with Gasteiger partial charge in [-0.25, -0.2) is 0 Å². The molecule has 1 aliphatic rings. The summed E-state index contributed by atoms with van der Waals surface area (Å²) in [7, 11) is 0. The SMILES string of the molecule is CCC(N)C1CC(=O)N(C(C)C)C1. The number of hydrogen-bond acceptors (Lipinski definition) is 2. The monoisotopic (exact) mass is 184 g/mol. The molecule has 0 aromatic carbocycles. The van der Waals surface area contributed by atoms with Gasteiger partial charge >= 0.3 is 0 Å². The number of rotatable bonds is 3. The third-order valence-corrected chi connectivity index (χ3v) is 2.89. The second-order valence-electron chi connectivity index (χ2n) is 4.18. The van der Waals surface area contributed by atoms with Crippen LogP contribution in [0.25, 0.3) is 0 Å². The topological polar surface area (TPSA) is 46.3 Å². The first-order valence-corrected chi connectivity index (χ1v) is 5.11. The normalized spacial score (nSPS) is 25.8. The van der Waals surface area contributed by atoms with Gasteiger partial charge in [0, 0.05) is 31.0 Å². The van der Waals surface area contributed by atoms with Crippen molar-refractivity contribution in [2.45, 2.75) is 45.7 Å². The zero-order valence-corrected chi connectivity index (χ0v) is 8.79. The molecule has 1 rings (SSSR count). The van der Waals surface area contributed by atoms with Crippen LogP contribution in [0.4, 0.5) is 0 Å². The first-order valence-electron chi connectivity index (χ1n) is 5.11. The first-order chi connectivity index (χ1) is 6.06. The quantitative estimate of drug-likeness (QED) is 0.710. The third kappa shape index (κ3) is 2.21. The van der Waals surface area contributed by atoms with Gasteiger partial charge < -0.3 is 10.6 Å². The zero-order valence-electron chi connectivity index (χ0n) is 8.79. The Balaban J connectivity index is 2.55. The maximum absolute atomic E-state index is 11.5. The lowest BCUT2D eigenvalue weighted by Crippen LogP contribution is -2.35. The van der Waals surface area contributed by atoms with E-state index >= 15 is 0 Å². The molecule has 0 radical (unpaired) electrons. The Hall–Kier alpha value is -0.570. The molecule has 0 saturated carbocycles. The molecule has 3 nitrogen and oxygen atoms in total. The minimum atomic E-state index is 0.188. The Kier molecular flexibility index (Phi) is 3.31. The van der Waals surface area contributed by atoms with Gasteiger partial charge in [-0.2, -0.15) is 0 Å². The molecule has 3 heteroatoms. The summed E-state index contributed by atoms with van der Waals surface area (Å²) in [5.74, 6) is 0.642. The number of amides is 1. The molecule has 0 aromatic heterocycles.